The van der Waals surface area contributed by atoms with E-state index in [1.54, 1.807) is 0 Å². The van der Waals surface area contributed by atoms with E-state index in [0.29, 0.717) is 5.92 Å². The van der Waals surface area contributed by atoms with Crippen molar-refractivity contribution in [2.75, 3.05) is 13.1 Å². The maximum atomic E-state index is 6.37. The van der Waals surface area contributed by atoms with E-state index in [2.05, 4.69) is 31.3 Å². The Balaban J connectivity index is 1.93. The van der Waals surface area contributed by atoms with Gasteiger partial charge in [0.05, 0.1) is 5.02 Å². The lowest BCUT2D eigenvalue weighted by Crippen LogP contribution is -2.24. The Morgan fingerprint density at radius 2 is 2.00 bits per heavy atom. The van der Waals surface area contributed by atoms with Gasteiger partial charge in [0.25, 0.3) is 0 Å². The summed E-state index contributed by atoms with van der Waals surface area (Å²) in [5, 5.41) is 5.19. The van der Waals surface area contributed by atoms with Gasteiger partial charge in [-0.3, -0.25) is 0 Å². The molecule has 2 nitrogen and oxygen atoms in total. The van der Waals surface area contributed by atoms with Gasteiger partial charge in [-0.25, -0.2) is 5.32 Å². The van der Waals surface area contributed by atoms with Crippen molar-refractivity contribution in [1.82, 2.24) is 5.32 Å². The van der Waals surface area contributed by atoms with E-state index in [1.165, 1.54) is 11.1 Å². The summed E-state index contributed by atoms with van der Waals surface area (Å²) in [7, 11) is 0. The maximum absolute atomic E-state index is 6.37. The smallest absolute Gasteiger partial charge is 0.142 e. The largest absolute Gasteiger partial charge is 0.486 e. The molecule has 0 bridgehead atoms. The molecular formula is C15H19ClNO. The zero-order chi connectivity index (χ0) is 12.8. The molecule has 0 spiro atoms. The third kappa shape index (κ3) is 2.24. The minimum atomic E-state index is -0.119. The standard InChI is InChI=1S/C15H19ClNO/c1-15(2)9-12-7-11(8-13(16)14(12)18-15)10-3-5-17-6-4-10/h7-8,10H,3-6,9H2,1-2H3. The summed E-state index contributed by atoms with van der Waals surface area (Å²) in [5.41, 5.74) is 2.52. The van der Waals surface area contributed by atoms with Crippen molar-refractivity contribution in [3.63, 3.8) is 0 Å². The number of benzene rings is 1. The molecule has 2 aliphatic rings. The first kappa shape index (κ1) is 12.3. The molecule has 1 saturated heterocycles. The molecule has 0 N–H and O–H groups in total. The van der Waals surface area contributed by atoms with Crippen molar-refractivity contribution >= 4 is 11.6 Å². The summed E-state index contributed by atoms with van der Waals surface area (Å²) in [6.45, 7) is 6.20. The van der Waals surface area contributed by atoms with E-state index in [-0.39, 0.29) is 5.60 Å². The highest BCUT2D eigenvalue weighted by atomic mass is 35.5. The topological polar surface area (TPSA) is 23.3 Å². The average molecular weight is 265 g/mol. The SMILES string of the molecule is CC1(C)Cc2cc(C3CC[N]CC3)cc(Cl)c2O1. The fraction of sp³-hybridized carbons (Fsp3) is 0.600. The third-order valence-electron chi connectivity index (χ3n) is 3.88. The quantitative estimate of drug-likeness (QED) is 0.761. The first-order chi connectivity index (χ1) is 8.55. The molecular weight excluding hydrogens is 246 g/mol. The van der Waals surface area contributed by atoms with Gasteiger partial charge in [0.1, 0.15) is 11.4 Å². The van der Waals surface area contributed by atoms with Crippen LogP contribution in [0.1, 0.15) is 43.7 Å². The normalized spacial score (nSPS) is 22.6. The fourth-order valence-corrected chi connectivity index (χ4v) is 3.30. The second-order valence-electron chi connectivity index (χ2n) is 5.97. The van der Waals surface area contributed by atoms with E-state index >= 15 is 0 Å². The third-order valence-corrected chi connectivity index (χ3v) is 4.16. The van der Waals surface area contributed by atoms with Gasteiger partial charge in [0, 0.05) is 19.5 Å². The van der Waals surface area contributed by atoms with Gasteiger partial charge in [-0.1, -0.05) is 17.7 Å². The van der Waals surface area contributed by atoms with E-state index < -0.39 is 0 Å². The molecule has 1 aromatic rings. The number of hydrogen-bond acceptors (Lipinski definition) is 1. The Labute approximate surface area is 114 Å². The first-order valence-electron chi connectivity index (χ1n) is 6.70. The minimum Gasteiger partial charge on any atom is -0.486 e. The number of halogens is 1. The van der Waals surface area contributed by atoms with Crippen LogP contribution in [-0.4, -0.2) is 18.7 Å². The van der Waals surface area contributed by atoms with Gasteiger partial charge >= 0.3 is 0 Å². The summed E-state index contributed by atoms with van der Waals surface area (Å²) in [5.74, 6) is 1.51. The molecule has 2 aliphatic heterocycles. The molecule has 0 aliphatic carbocycles. The van der Waals surface area contributed by atoms with Crippen LogP contribution in [0.25, 0.3) is 0 Å². The van der Waals surface area contributed by atoms with Gasteiger partial charge in [0.2, 0.25) is 0 Å². The van der Waals surface area contributed by atoms with Crippen molar-refractivity contribution in [1.29, 1.82) is 0 Å². The highest BCUT2D eigenvalue weighted by Gasteiger charge is 2.32. The molecule has 0 aromatic heterocycles. The molecule has 0 atom stereocenters. The van der Waals surface area contributed by atoms with Crippen LogP contribution < -0.4 is 10.1 Å². The van der Waals surface area contributed by atoms with Crippen LogP contribution in [0.3, 0.4) is 0 Å². The second-order valence-corrected chi connectivity index (χ2v) is 6.38. The Kier molecular flexibility index (Phi) is 3.03. The monoisotopic (exact) mass is 264 g/mol. The van der Waals surface area contributed by atoms with Crippen LogP contribution in [-0.2, 0) is 6.42 Å². The Bertz CT molecular complexity index is 464. The highest BCUT2D eigenvalue weighted by Crippen LogP contribution is 2.43. The van der Waals surface area contributed by atoms with Crippen LogP contribution in [0.2, 0.25) is 5.02 Å². The molecule has 97 valence electrons. The molecule has 2 heterocycles. The summed E-state index contributed by atoms with van der Waals surface area (Å²) >= 11 is 6.37. The zero-order valence-corrected chi connectivity index (χ0v) is 11.8. The Hall–Kier alpha value is -0.730. The molecule has 3 rings (SSSR count). The molecule has 0 amide bonds. The van der Waals surface area contributed by atoms with Crippen molar-refractivity contribution in [2.24, 2.45) is 0 Å². The number of piperidine rings is 1. The summed E-state index contributed by atoms with van der Waals surface area (Å²) < 4.78 is 5.92. The second kappa shape index (κ2) is 4.43. The van der Waals surface area contributed by atoms with Crippen molar-refractivity contribution in [2.45, 2.75) is 44.6 Å². The lowest BCUT2D eigenvalue weighted by atomic mass is 9.88. The van der Waals surface area contributed by atoms with Gasteiger partial charge in [-0.15, -0.1) is 0 Å². The lowest BCUT2D eigenvalue weighted by molar-refractivity contribution is 0.138. The van der Waals surface area contributed by atoms with Crippen LogP contribution in [0.5, 0.6) is 5.75 Å². The number of ether oxygens (including phenoxy) is 1. The first-order valence-corrected chi connectivity index (χ1v) is 7.07. The van der Waals surface area contributed by atoms with Crippen LogP contribution >= 0.6 is 11.6 Å². The number of rotatable bonds is 1. The van der Waals surface area contributed by atoms with E-state index in [0.717, 1.165) is 43.1 Å². The van der Waals surface area contributed by atoms with E-state index in [1.807, 2.05) is 0 Å². The zero-order valence-electron chi connectivity index (χ0n) is 11.0. The Morgan fingerprint density at radius 1 is 1.28 bits per heavy atom. The highest BCUT2D eigenvalue weighted by molar-refractivity contribution is 6.32. The number of hydrogen-bond donors (Lipinski definition) is 0. The van der Waals surface area contributed by atoms with Gasteiger partial charge in [-0.05, 0) is 49.8 Å². The van der Waals surface area contributed by atoms with Crippen LogP contribution in [0, 0.1) is 0 Å². The fourth-order valence-electron chi connectivity index (χ4n) is 3.01. The van der Waals surface area contributed by atoms with Crippen LogP contribution in [0.15, 0.2) is 12.1 Å². The average Bonchev–Trinajstić information content (AvgIpc) is 2.65. The summed E-state index contributed by atoms with van der Waals surface area (Å²) in [6.07, 6.45) is 3.26. The van der Waals surface area contributed by atoms with Gasteiger partial charge < -0.3 is 4.74 Å². The lowest BCUT2D eigenvalue weighted by Gasteiger charge is -2.22. The van der Waals surface area contributed by atoms with E-state index in [4.69, 9.17) is 16.3 Å². The molecule has 1 aromatic carbocycles. The minimum absolute atomic E-state index is 0.119. The van der Waals surface area contributed by atoms with E-state index in [9.17, 15) is 0 Å². The predicted octanol–water partition coefficient (Wildman–Crippen LogP) is 3.54. The molecule has 0 saturated carbocycles. The van der Waals surface area contributed by atoms with Crippen molar-refractivity contribution in [3.8, 4) is 5.75 Å². The predicted molar refractivity (Wildman–Crippen MR) is 73.7 cm³/mol. The number of fused-ring (bicyclic) bond motifs is 1. The van der Waals surface area contributed by atoms with Gasteiger partial charge in [0.15, 0.2) is 0 Å². The maximum Gasteiger partial charge on any atom is 0.142 e. The molecule has 3 heteroatoms. The summed E-state index contributed by atoms with van der Waals surface area (Å²) in [6, 6.07) is 4.39. The molecule has 0 unspecified atom stereocenters. The van der Waals surface area contributed by atoms with Crippen molar-refractivity contribution < 1.29 is 4.74 Å². The molecule has 18 heavy (non-hydrogen) atoms. The number of nitrogens with zero attached hydrogens (tertiary/aromatic N) is 1. The van der Waals surface area contributed by atoms with Crippen LogP contribution in [0.4, 0.5) is 0 Å². The molecule has 1 radical (unpaired) electrons. The molecule has 1 fully saturated rings. The summed E-state index contributed by atoms with van der Waals surface area (Å²) in [4.78, 5) is 0. The van der Waals surface area contributed by atoms with Crippen molar-refractivity contribution in [3.05, 3.63) is 28.3 Å². The Morgan fingerprint density at radius 3 is 2.72 bits per heavy atom. The van der Waals surface area contributed by atoms with Gasteiger partial charge in [-0.2, -0.15) is 0 Å².